The fourth-order valence-corrected chi connectivity index (χ4v) is 2.22. The van der Waals surface area contributed by atoms with Gasteiger partial charge in [0.2, 0.25) is 0 Å². The first-order valence-electron chi connectivity index (χ1n) is 6.33. The molecule has 2 aromatic rings. The Balaban J connectivity index is 2.20. The quantitative estimate of drug-likeness (QED) is 0.848. The number of hydrogen-bond acceptors (Lipinski definition) is 2. The number of rotatable bonds is 4. The molecule has 0 bridgehead atoms. The molecule has 0 aliphatic heterocycles. The lowest BCUT2D eigenvalue weighted by molar-refractivity contribution is 0.0937. The molecule has 0 saturated heterocycles. The zero-order valence-corrected chi connectivity index (χ0v) is 11.9. The molecule has 1 unspecified atom stereocenters. The Labute approximate surface area is 123 Å². The van der Waals surface area contributed by atoms with Crippen molar-refractivity contribution in [2.45, 2.75) is 13.0 Å². The van der Waals surface area contributed by atoms with Gasteiger partial charge in [0.05, 0.1) is 11.6 Å². The lowest BCUT2D eigenvalue weighted by atomic mass is 10.1. The minimum Gasteiger partial charge on any atom is -0.507 e. The summed E-state index contributed by atoms with van der Waals surface area (Å²) in [5, 5.41) is 12.6. The number of halogens is 1. The molecule has 104 valence electrons. The Hall–Kier alpha value is -2.00. The van der Waals surface area contributed by atoms with Crippen LogP contribution in [0.3, 0.4) is 0 Å². The number of carbonyl (C=O) groups excluding carboxylic acids is 1. The van der Waals surface area contributed by atoms with Crippen molar-refractivity contribution in [1.29, 1.82) is 0 Å². The number of amides is 1. The molecule has 0 spiro atoms. The average molecular weight is 290 g/mol. The first-order chi connectivity index (χ1) is 9.61. The number of carbonyl (C=O) groups is 1. The van der Waals surface area contributed by atoms with Crippen LogP contribution in [0.5, 0.6) is 5.75 Å². The number of nitrogens with one attached hydrogen (secondary N) is 1. The second-order valence-corrected chi connectivity index (χ2v) is 4.92. The van der Waals surface area contributed by atoms with Crippen molar-refractivity contribution in [2.75, 3.05) is 5.88 Å². The Morgan fingerprint density at radius 1 is 1.25 bits per heavy atom. The molecule has 0 aromatic heterocycles. The summed E-state index contributed by atoms with van der Waals surface area (Å²) in [5.74, 6) is -0.0994. The zero-order chi connectivity index (χ0) is 14.5. The lowest BCUT2D eigenvalue weighted by Gasteiger charge is -2.17. The third-order valence-corrected chi connectivity index (χ3v) is 3.37. The summed E-state index contributed by atoms with van der Waals surface area (Å²) in [4.78, 5) is 12.2. The SMILES string of the molecule is Cc1ccc(O)c(C(=O)NC(CCl)c2ccccc2)c1. The van der Waals surface area contributed by atoms with Crippen LogP contribution in [0.1, 0.15) is 27.5 Å². The number of aromatic hydroxyl groups is 1. The van der Waals surface area contributed by atoms with Crippen LogP contribution >= 0.6 is 11.6 Å². The predicted octanol–water partition coefficient (Wildman–Crippen LogP) is 3.41. The highest BCUT2D eigenvalue weighted by molar-refractivity contribution is 6.18. The summed E-state index contributed by atoms with van der Waals surface area (Å²) in [7, 11) is 0. The maximum atomic E-state index is 12.2. The van der Waals surface area contributed by atoms with Crippen molar-refractivity contribution >= 4 is 17.5 Å². The predicted molar refractivity (Wildman–Crippen MR) is 80.2 cm³/mol. The summed E-state index contributed by atoms with van der Waals surface area (Å²) in [6.45, 7) is 1.87. The van der Waals surface area contributed by atoms with E-state index in [2.05, 4.69) is 5.32 Å². The van der Waals surface area contributed by atoms with Crippen LogP contribution in [0.15, 0.2) is 48.5 Å². The van der Waals surface area contributed by atoms with Crippen molar-refractivity contribution in [1.82, 2.24) is 5.32 Å². The van der Waals surface area contributed by atoms with Crippen LogP contribution in [-0.4, -0.2) is 16.9 Å². The van der Waals surface area contributed by atoms with Crippen molar-refractivity contribution in [2.24, 2.45) is 0 Å². The van der Waals surface area contributed by atoms with Gasteiger partial charge in [-0.3, -0.25) is 4.79 Å². The molecule has 0 fully saturated rings. The van der Waals surface area contributed by atoms with Crippen molar-refractivity contribution in [3.05, 3.63) is 65.2 Å². The molecule has 0 saturated carbocycles. The smallest absolute Gasteiger partial charge is 0.255 e. The molecule has 2 rings (SSSR count). The maximum Gasteiger partial charge on any atom is 0.255 e. The first-order valence-corrected chi connectivity index (χ1v) is 6.86. The van der Waals surface area contributed by atoms with Crippen molar-refractivity contribution in [3.63, 3.8) is 0 Å². The van der Waals surface area contributed by atoms with E-state index < -0.39 is 0 Å². The molecule has 0 heterocycles. The van der Waals surface area contributed by atoms with E-state index in [1.165, 1.54) is 6.07 Å². The standard InChI is InChI=1S/C16H16ClNO2/c1-11-7-8-15(19)13(9-11)16(20)18-14(10-17)12-5-3-2-4-6-12/h2-9,14,19H,10H2,1H3,(H,18,20). The molecule has 20 heavy (non-hydrogen) atoms. The third kappa shape index (κ3) is 3.31. The molecule has 4 heteroatoms. The summed E-state index contributed by atoms with van der Waals surface area (Å²) in [6.07, 6.45) is 0. The van der Waals surface area contributed by atoms with Crippen LogP contribution in [0.4, 0.5) is 0 Å². The van der Waals surface area contributed by atoms with E-state index in [4.69, 9.17) is 11.6 Å². The van der Waals surface area contributed by atoms with Gasteiger partial charge in [-0.15, -0.1) is 11.6 Å². The Bertz CT molecular complexity index is 599. The van der Waals surface area contributed by atoms with E-state index in [0.717, 1.165) is 11.1 Å². The minimum absolute atomic E-state index is 0.0329. The third-order valence-electron chi connectivity index (χ3n) is 3.06. The summed E-state index contributed by atoms with van der Waals surface area (Å²) in [6, 6.07) is 14.1. The van der Waals surface area contributed by atoms with Gasteiger partial charge in [0.1, 0.15) is 5.75 Å². The van der Waals surface area contributed by atoms with Crippen LogP contribution in [-0.2, 0) is 0 Å². The molecular weight excluding hydrogens is 274 g/mol. The topological polar surface area (TPSA) is 49.3 Å². The molecule has 2 N–H and O–H groups in total. The van der Waals surface area contributed by atoms with Gasteiger partial charge < -0.3 is 10.4 Å². The number of hydrogen-bond donors (Lipinski definition) is 2. The minimum atomic E-state index is -0.333. The van der Waals surface area contributed by atoms with E-state index in [1.807, 2.05) is 37.3 Å². The molecule has 0 aliphatic rings. The monoisotopic (exact) mass is 289 g/mol. The van der Waals surface area contributed by atoms with Crippen LogP contribution < -0.4 is 5.32 Å². The van der Waals surface area contributed by atoms with E-state index in [1.54, 1.807) is 12.1 Å². The zero-order valence-electron chi connectivity index (χ0n) is 11.1. The van der Waals surface area contributed by atoms with Gasteiger partial charge in [-0.1, -0.05) is 42.0 Å². The molecular formula is C16H16ClNO2. The molecule has 0 aliphatic carbocycles. The number of alkyl halides is 1. The summed E-state index contributed by atoms with van der Waals surface area (Å²) >= 11 is 5.93. The lowest BCUT2D eigenvalue weighted by Crippen LogP contribution is -2.29. The van der Waals surface area contributed by atoms with E-state index in [-0.39, 0.29) is 29.1 Å². The molecule has 2 aromatic carbocycles. The highest BCUT2D eigenvalue weighted by Crippen LogP contribution is 2.20. The Kier molecular flexibility index (Phi) is 4.64. The Morgan fingerprint density at radius 3 is 2.60 bits per heavy atom. The highest BCUT2D eigenvalue weighted by Gasteiger charge is 2.17. The van der Waals surface area contributed by atoms with Gasteiger partial charge in [0.15, 0.2) is 0 Å². The number of aryl methyl sites for hydroxylation is 1. The van der Waals surface area contributed by atoms with Gasteiger partial charge in [-0.2, -0.15) is 0 Å². The second-order valence-electron chi connectivity index (χ2n) is 4.61. The summed E-state index contributed by atoms with van der Waals surface area (Å²) in [5.41, 5.74) is 2.11. The normalized spacial score (nSPS) is 11.9. The van der Waals surface area contributed by atoms with Crippen molar-refractivity contribution < 1.29 is 9.90 Å². The fraction of sp³-hybridized carbons (Fsp3) is 0.188. The van der Waals surface area contributed by atoms with E-state index in [0.29, 0.717) is 0 Å². The van der Waals surface area contributed by atoms with Gasteiger partial charge in [0, 0.05) is 5.88 Å². The summed E-state index contributed by atoms with van der Waals surface area (Å²) < 4.78 is 0. The van der Waals surface area contributed by atoms with Gasteiger partial charge >= 0.3 is 0 Å². The largest absolute Gasteiger partial charge is 0.507 e. The maximum absolute atomic E-state index is 12.2. The van der Waals surface area contributed by atoms with E-state index in [9.17, 15) is 9.90 Å². The van der Waals surface area contributed by atoms with Crippen molar-refractivity contribution in [3.8, 4) is 5.75 Å². The number of benzene rings is 2. The first kappa shape index (κ1) is 14.4. The molecule has 0 radical (unpaired) electrons. The number of phenolic OH excluding ortho intramolecular Hbond substituents is 1. The van der Waals surface area contributed by atoms with Crippen LogP contribution in [0.2, 0.25) is 0 Å². The fourth-order valence-electron chi connectivity index (χ4n) is 1.96. The van der Waals surface area contributed by atoms with E-state index >= 15 is 0 Å². The van der Waals surface area contributed by atoms with Crippen LogP contribution in [0.25, 0.3) is 0 Å². The number of phenols is 1. The van der Waals surface area contributed by atoms with Gasteiger partial charge in [-0.05, 0) is 24.6 Å². The highest BCUT2D eigenvalue weighted by atomic mass is 35.5. The molecule has 3 nitrogen and oxygen atoms in total. The molecule has 1 amide bonds. The van der Waals surface area contributed by atoms with Crippen LogP contribution in [0, 0.1) is 6.92 Å². The van der Waals surface area contributed by atoms with Gasteiger partial charge in [0.25, 0.3) is 5.91 Å². The molecule has 1 atom stereocenters. The average Bonchev–Trinajstić information content (AvgIpc) is 2.48. The Morgan fingerprint density at radius 2 is 1.95 bits per heavy atom. The second kappa shape index (κ2) is 6.44. The van der Waals surface area contributed by atoms with Gasteiger partial charge in [-0.25, -0.2) is 0 Å².